The molecule has 0 bridgehead atoms. The highest BCUT2D eigenvalue weighted by molar-refractivity contribution is 7.14. The first-order valence-corrected chi connectivity index (χ1v) is 11.8. The summed E-state index contributed by atoms with van der Waals surface area (Å²) >= 11 is 2.48. The van der Waals surface area contributed by atoms with E-state index < -0.39 is 17.7 Å². The summed E-state index contributed by atoms with van der Waals surface area (Å²) < 4.78 is 19.5. The number of nitrogens with one attached hydrogen (secondary N) is 1. The van der Waals surface area contributed by atoms with E-state index in [4.69, 9.17) is 4.74 Å². The normalized spacial score (nSPS) is 10.5. The minimum atomic E-state index is -0.566. The number of esters is 1. The molecule has 0 radical (unpaired) electrons. The van der Waals surface area contributed by atoms with Gasteiger partial charge in [-0.1, -0.05) is 18.2 Å². The number of ether oxygens (including phenoxy) is 1. The van der Waals surface area contributed by atoms with Crippen LogP contribution in [0.1, 0.15) is 32.6 Å². The quantitative estimate of drug-likeness (QED) is 0.335. The van der Waals surface area contributed by atoms with Crippen molar-refractivity contribution in [3.05, 3.63) is 93.4 Å². The van der Waals surface area contributed by atoms with Crippen molar-refractivity contribution in [2.45, 2.75) is 13.5 Å². The molecule has 4 rings (SSSR count). The Morgan fingerprint density at radius 1 is 1.03 bits per heavy atom. The summed E-state index contributed by atoms with van der Waals surface area (Å²) in [6.45, 7) is 1.20. The van der Waals surface area contributed by atoms with E-state index in [0.717, 1.165) is 11.3 Å². The summed E-state index contributed by atoms with van der Waals surface area (Å²) in [6.07, 6.45) is 0. The second kappa shape index (κ2) is 10.4. The van der Waals surface area contributed by atoms with Gasteiger partial charge in [0.1, 0.15) is 12.4 Å². The Morgan fingerprint density at radius 2 is 1.79 bits per heavy atom. The third kappa shape index (κ3) is 5.36. The molecule has 0 unspecified atom stereocenters. The van der Waals surface area contributed by atoms with Gasteiger partial charge in [-0.2, -0.15) is 0 Å². The summed E-state index contributed by atoms with van der Waals surface area (Å²) in [5, 5.41) is 6.49. The lowest BCUT2D eigenvalue weighted by Gasteiger charge is -2.18. The first kappa shape index (κ1) is 23.3. The average molecular weight is 496 g/mol. The molecule has 2 heterocycles. The Kier molecular flexibility index (Phi) is 7.09. The van der Waals surface area contributed by atoms with Crippen molar-refractivity contribution in [3.63, 3.8) is 0 Å². The Morgan fingerprint density at radius 3 is 2.47 bits per heavy atom. The van der Waals surface area contributed by atoms with E-state index >= 15 is 0 Å². The maximum Gasteiger partial charge on any atom is 0.338 e. The summed E-state index contributed by atoms with van der Waals surface area (Å²) in [6, 6.07) is 15.8. The van der Waals surface area contributed by atoms with Crippen molar-refractivity contribution in [3.8, 4) is 0 Å². The number of anilines is 3. The van der Waals surface area contributed by atoms with Gasteiger partial charge in [-0.25, -0.2) is 14.2 Å². The fourth-order valence-electron chi connectivity index (χ4n) is 3.02. The van der Waals surface area contributed by atoms with Gasteiger partial charge in [0.05, 0.1) is 21.8 Å². The molecular formula is C24H18FN3O4S2. The minimum Gasteiger partial charge on any atom is -0.456 e. The van der Waals surface area contributed by atoms with E-state index in [9.17, 15) is 18.8 Å². The smallest absolute Gasteiger partial charge is 0.338 e. The van der Waals surface area contributed by atoms with Crippen LogP contribution < -0.4 is 10.2 Å². The third-order valence-corrected chi connectivity index (χ3v) is 6.36. The van der Waals surface area contributed by atoms with Crippen molar-refractivity contribution in [1.29, 1.82) is 0 Å². The molecule has 0 saturated heterocycles. The molecule has 0 saturated carbocycles. The van der Waals surface area contributed by atoms with Gasteiger partial charge in [-0.15, -0.1) is 22.7 Å². The highest BCUT2D eigenvalue weighted by Crippen LogP contribution is 2.31. The van der Waals surface area contributed by atoms with Crippen LogP contribution in [0.2, 0.25) is 0 Å². The second-order valence-electron chi connectivity index (χ2n) is 7.01. The van der Waals surface area contributed by atoms with E-state index in [1.165, 1.54) is 41.4 Å². The number of thiazole rings is 1. The molecule has 10 heteroatoms. The molecule has 2 aromatic carbocycles. The Labute approximate surface area is 202 Å². The molecule has 1 N–H and O–H groups in total. The van der Waals surface area contributed by atoms with Crippen LogP contribution in [-0.2, 0) is 16.1 Å². The van der Waals surface area contributed by atoms with Crippen LogP contribution in [0.5, 0.6) is 0 Å². The zero-order valence-corrected chi connectivity index (χ0v) is 19.5. The second-order valence-corrected chi connectivity index (χ2v) is 8.80. The van der Waals surface area contributed by atoms with Crippen molar-refractivity contribution in [2.75, 3.05) is 10.2 Å². The van der Waals surface area contributed by atoms with Crippen molar-refractivity contribution < 1.29 is 23.5 Å². The number of hydrogen-bond donors (Lipinski definition) is 1. The number of benzene rings is 2. The third-order valence-electron chi connectivity index (χ3n) is 4.61. The van der Waals surface area contributed by atoms with Gasteiger partial charge in [0.25, 0.3) is 5.91 Å². The van der Waals surface area contributed by atoms with Gasteiger partial charge in [-0.3, -0.25) is 14.5 Å². The lowest BCUT2D eigenvalue weighted by molar-refractivity contribution is -0.115. The van der Waals surface area contributed by atoms with Gasteiger partial charge < -0.3 is 10.1 Å². The number of nitrogens with zero attached hydrogens (tertiary/aromatic N) is 2. The number of carbonyl (C=O) groups is 3. The Hall–Kier alpha value is -3.89. The molecule has 0 fully saturated rings. The minimum absolute atomic E-state index is 0.0964. The molecule has 0 aliphatic carbocycles. The van der Waals surface area contributed by atoms with E-state index in [0.29, 0.717) is 21.8 Å². The number of thiophene rings is 1. The van der Waals surface area contributed by atoms with Gasteiger partial charge in [-0.05, 0) is 47.8 Å². The van der Waals surface area contributed by atoms with Crippen LogP contribution in [-0.4, -0.2) is 22.8 Å². The van der Waals surface area contributed by atoms with E-state index in [1.807, 2.05) is 5.38 Å². The van der Waals surface area contributed by atoms with Crippen LogP contribution in [0.4, 0.5) is 20.9 Å². The first-order valence-electron chi connectivity index (χ1n) is 10.0. The summed E-state index contributed by atoms with van der Waals surface area (Å²) in [4.78, 5) is 42.7. The highest BCUT2D eigenvalue weighted by atomic mass is 32.1. The van der Waals surface area contributed by atoms with Crippen LogP contribution in [0.3, 0.4) is 0 Å². The molecule has 0 aliphatic rings. The number of rotatable bonds is 7. The number of aromatic nitrogens is 1. The van der Waals surface area contributed by atoms with E-state index in [-0.39, 0.29) is 23.3 Å². The Balaban J connectivity index is 1.37. The number of para-hydroxylation sites is 1. The highest BCUT2D eigenvalue weighted by Gasteiger charge is 2.21. The molecular weight excluding hydrogens is 477 g/mol. The van der Waals surface area contributed by atoms with Crippen molar-refractivity contribution in [1.82, 2.24) is 4.98 Å². The lowest BCUT2D eigenvalue weighted by atomic mass is 10.2. The molecule has 0 spiro atoms. The van der Waals surface area contributed by atoms with Crippen LogP contribution in [0, 0.1) is 5.82 Å². The van der Waals surface area contributed by atoms with Crippen molar-refractivity contribution >= 4 is 57.0 Å². The molecule has 172 valence electrons. The summed E-state index contributed by atoms with van der Waals surface area (Å²) in [5.74, 6) is -1.73. The van der Waals surface area contributed by atoms with Gasteiger partial charge >= 0.3 is 5.97 Å². The standard InChI is InChI=1S/C24H18FN3O4S2/c1-15(29)28(20-6-3-2-5-19(20)25)24-27-18(14-34-24)13-32-23(31)16-8-10-17(11-9-16)26-22(30)21-7-4-12-33-21/h2-12,14H,13H2,1H3,(H,26,30). The molecule has 2 amide bonds. The summed E-state index contributed by atoms with van der Waals surface area (Å²) in [5.41, 5.74) is 1.38. The summed E-state index contributed by atoms with van der Waals surface area (Å²) in [7, 11) is 0. The van der Waals surface area contributed by atoms with E-state index in [2.05, 4.69) is 10.3 Å². The molecule has 0 aliphatic heterocycles. The van der Waals surface area contributed by atoms with Crippen LogP contribution in [0.15, 0.2) is 71.4 Å². The van der Waals surface area contributed by atoms with Gasteiger partial charge in [0, 0.05) is 18.0 Å². The number of amides is 2. The largest absolute Gasteiger partial charge is 0.456 e. The predicted molar refractivity (Wildman–Crippen MR) is 129 cm³/mol. The molecule has 4 aromatic rings. The molecule has 2 aromatic heterocycles. The molecule has 7 nitrogen and oxygen atoms in total. The number of hydrogen-bond acceptors (Lipinski definition) is 7. The topological polar surface area (TPSA) is 88.6 Å². The SMILES string of the molecule is CC(=O)N(c1nc(COC(=O)c2ccc(NC(=O)c3cccs3)cc2)cs1)c1ccccc1F. The van der Waals surface area contributed by atoms with Crippen molar-refractivity contribution in [2.24, 2.45) is 0 Å². The predicted octanol–water partition coefficient (Wildman–Crippen LogP) is 5.64. The van der Waals surface area contributed by atoms with E-state index in [1.54, 1.807) is 47.8 Å². The number of carbonyl (C=O) groups excluding carboxylic acids is 3. The first-order chi connectivity index (χ1) is 16.4. The fraction of sp³-hybridized carbons (Fsp3) is 0.0833. The Bertz CT molecular complexity index is 1320. The number of halogens is 1. The van der Waals surface area contributed by atoms with Crippen LogP contribution >= 0.6 is 22.7 Å². The molecule has 34 heavy (non-hydrogen) atoms. The maximum absolute atomic E-state index is 14.2. The zero-order chi connectivity index (χ0) is 24.1. The van der Waals surface area contributed by atoms with Gasteiger partial charge in [0.2, 0.25) is 5.91 Å². The molecule has 0 atom stereocenters. The monoisotopic (exact) mass is 495 g/mol. The lowest BCUT2D eigenvalue weighted by Crippen LogP contribution is -2.23. The fourth-order valence-corrected chi connectivity index (χ4v) is 4.50. The van der Waals surface area contributed by atoms with Gasteiger partial charge in [0.15, 0.2) is 5.13 Å². The maximum atomic E-state index is 14.2. The van der Waals surface area contributed by atoms with Crippen LogP contribution in [0.25, 0.3) is 0 Å². The average Bonchev–Trinajstić information content (AvgIpc) is 3.52. The zero-order valence-electron chi connectivity index (χ0n) is 17.9.